The summed E-state index contributed by atoms with van der Waals surface area (Å²) in [5.74, 6) is 2.45. The number of fused-ring (bicyclic) bond motifs is 5. The number of para-hydroxylation sites is 2. The highest BCUT2D eigenvalue weighted by molar-refractivity contribution is 9.10. The molecule has 4 aromatic carbocycles. The van der Waals surface area contributed by atoms with E-state index in [1.165, 1.54) is 10.9 Å². The molecule has 0 radical (unpaired) electrons. The second-order valence-electron chi connectivity index (χ2n) is 11.1. The van der Waals surface area contributed by atoms with Crippen LogP contribution in [0.4, 0.5) is 0 Å². The Kier molecular flexibility index (Phi) is 5.79. The molecule has 0 atom stereocenters. The molecule has 0 aliphatic heterocycles. The molecule has 4 nitrogen and oxygen atoms in total. The third kappa shape index (κ3) is 4.09. The van der Waals surface area contributed by atoms with Gasteiger partial charge in [-0.05, 0) is 71.6 Å². The Morgan fingerprint density at radius 1 is 0.650 bits per heavy atom. The molecular weight excluding hydrogens is 558 g/mol. The van der Waals surface area contributed by atoms with Crippen LogP contribution in [0.5, 0.6) is 11.5 Å². The fourth-order valence-corrected chi connectivity index (χ4v) is 5.91. The lowest BCUT2D eigenvalue weighted by Crippen LogP contribution is -2.12. The van der Waals surface area contributed by atoms with Crippen LogP contribution in [0.2, 0.25) is 0 Å². The number of benzene rings is 4. The van der Waals surface area contributed by atoms with E-state index in [4.69, 9.17) is 9.72 Å². The molecule has 40 heavy (non-hydrogen) atoms. The number of ether oxygens (including phenoxy) is 1. The van der Waals surface area contributed by atoms with E-state index in [9.17, 15) is 0 Å². The SMILES string of the molecule is CC(C)(C)c1ccnc(-n2c3cc(Oc4cccc(Br)c4)ccc3c3c2c2ccccc2n3-c2ccccc2)c1. The lowest BCUT2D eigenvalue weighted by Gasteiger charge is -2.20. The molecule has 0 N–H and O–H groups in total. The molecule has 7 aromatic rings. The third-order valence-electron chi connectivity index (χ3n) is 7.42. The van der Waals surface area contributed by atoms with Gasteiger partial charge in [-0.2, -0.15) is 0 Å². The van der Waals surface area contributed by atoms with E-state index in [-0.39, 0.29) is 5.41 Å². The van der Waals surface area contributed by atoms with E-state index >= 15 is 0 Å². The molecule has 0 bridgehead atoms. The Labute approximate surface area is 241 Å². The van der Waals surface area contributed by atoms with E-state index in [1.807, 2.05) is 30.5 Å². The topological polar surface area (TPSA) is 32.0 Å². The van der Waals surface area contributed by atoms with Crippen molar-refractivity contribution in [1.29, 1.82) is 0 Å². The molecule has 0 saturated carbocycles. The summed E-state index contributed by atoms with van der Waals surface area (Å²) in [5, 5.41) is 2.31. The van der Waals surface area contributed by atoms with Crippen molar-refractivity contribution in [1.82, 2.24) is 14.1 Å². The lowest BCUT2D eigenvalue weighted by atomic mass is 9.88. The Balaban J connectivity index is 1.59. The molecule has 7 rings (SSSR count). The summed E-state index contributed by atoms with van der Waals surface area (Å²) in [6, 6.07) is 37.8. The fraction of sp³-hybridized carbons (Fsp3) is 0.114. The van der Waals surface area contributed by atoms with Gasteiger partial charge in [-0.25, -0.2) is 4.98 Å². The third-order valence-corrected chi connectivity index (χ3v) is 7.92. The van der Waals surface area contributed by atoms with Gasteiger partial charge in [0.25, 0.3) is 0 Å². The van der Waals surface area contributed by atoms with Gasteiger partial charge in [-0.3, -0.25) is 4.57 Å². The number of nitrogens with zero attached hydrogens (tertiary/aromatic N) is 3. The van der Waals surface area contributed by atoms with Crippen LogP contribution < -0.4 is 4.74 Å². The first kappa shape index (κ1) is 24.7. The Bertz CT molecular complexity index is 2030. The molecule has 3 aromatic heterocycles. The van der Waals surface area contributed by atoms with Gasteiger partial charge < -0.3 is 9.30 Å². The normalized spacial score (nSPS) is 12.0. The van der Waals surface area contributed by atoms with Crippen LogP contribution in [0.3, 0.4) is 0 Å². The van der Waals surface area contributed by atoms with Gasteiger partial charge in [0, 0.05) is 33.2 Å². The highest BCUT2D eigenvalue weighted by Gasteiger charge is 2.24. The van der Waals surface area contributed by atoms with Crippen molar-refractivity contribution in [3.63, 3.8) is 0 Å². The standard InChI is InChI=1S/C35H28BrN3O/c1-35(2,3)23-18-19-37-32(20-23)39-31-22-27(40-26-13-9-10-24(36)21-26)16-17-29(31)33-34(39)28-14-7-8-15-30(28)38(33)25-11-5-4-6-12-25/h4-22H,1-3H3. The maximum Gasteiger partial charge on any atom is 0.137 e. The van der Waals surface area contributed by atoms with Crippen molar-refractivity contribution in [2.75, 3.05) is 0 Å². The van der Waals surface area contributed by atoms with Gasteiger partial charge >= 0.3 is 0 Å². The molecule has 5 heteroatoms. The molecule has 196 valence electrons. The van der Waals surface area contributed by atoms with Gasteiger partial charge in [-0.15, -0.1) is 0 Å². The van der Waals surface area contributed by atoms with Crippen LogP contribution >= 0.6 is 15.9 Å². The van der Waals surface area contributed by atoms with Crippen LogP contribution in [0.15, 0.2) is 120 Å². The molecule has 0 saturated heterocycles. The zero-order valence-electron chi connectivity index (χ0n) is 22.6. The number of hydrogen-bond acceptors (Lipinski definition) is 2. The van der Waals surface area contributed by atoms with E-state index in [0.717, 1.165) is 54.9 Å². The molecule has 0 amide bonds. The van der Waals surface area contributed by atoms with E-state index < -0.39 is 0 Å². The van der Waals surface area contributed by atoms with Gasteiger partial charge in [0.1, 0.15) is 17.3 Å². The number of aromatic nitrogens is 3. The highest BCUT2D eigenvalue weighted by Crippen LogP contribution is 2.42. The van der Waals surface area contributed by atoms with Crippen LogP contribution in [0, 0.1) is 0 Å². The molecule has 0 aliphatic carbocycles. The summed E-state index contributed by atoms with van der Waals surface area (Å²) >= 11 is 3.56. The van der Waals surface area contributed by atoms with E-state index in [2.05, 4.69) is 131 Å². The van der Waals surface area contributed by atoms with Crippen molar-refractivity contribution in [2.24, 2.45) is 0 Å². The fourth-order valence-electron chi connectivity index (χ4n) is 5.53. The number of hydrogen-bond donors (Lipinski definition) is 0. The molecule has 0 fully saturated rings. The van der Waals surface area contributed by atoms with Crippen molar-refractivity contribution < 1.29 is 4.74 Å². The summed E-state index contributed by atoms with van der Waals surface area (Å²) in [5.41, 5.74) is 6.85. The Morgan fingerprint density at radius 3 is 2.17 bits per heavy atom. The predicted molar refractivity (Wildman–Crippen MR) is 168 cm³/mol. The Hall–Kier alpha value is -4.35. The minimum Gasteiger partial charge on any atom is -0.457 e. The molecule has 3 heterocycles. The first-order valence-electron chi connectivity index (χ1n) is 13.4. The van der Waals surface area contributed by atoms with Crippen molar-refractivity contribution >= 4 is 48.8 Å². The number of rotatable bonds is 4. The van der Waals surface area contributed by atoms with Gasteiger partial charge in [0.2, 0.25) is 0 Å². The molecule has 0 spiro atoms. The summed E-state index contributed by atoms with van der Waals surface area (Å²) in [6.45, 7) is 6.71. The zero-order valence-corrected chi connectivity index (χ0v) is 24.2. The quantitative estimate of drug-likeness (QED) is 0.206. The first-order chi connectivity index (χ1) is 19.4. The van der Waals surface area contributed by atoms with Gasteiger partial charge in [0.05, 0.1) is 22.1 Å². The Morgan fingerprint density at radius 2 is 1.38 bits per heavy atom. The summed E-state index contributed by atoms with van der Waals surface area (Å²) in [7, 11) is 0. The van der Waals surface area contributed by atoms with Crippen LogP contribution in [-0.2, 0) is 5.41 Å². The minimum atomic E-state index is -0.00717. The van der Waals surface area contributed by atoms with Gasteiger partial charge in [-0.1, -0.05) is 79.2 Å². The molecule has 0 aliphatic rings. The molecular formula is C35H28BrN3O. The second-order valence-corrected chi connectivity index (χ2v) is 12.0. The average molecular weight is 587 g/mol. The highest BCUT2D eigenvalue weighted by atomic mass is 79.9. The largest absolute Gasteiger partial charge is 0.457 e. The van der Waals surface area contributed by atoms with Gasteiger partial charge in [0.15, 0.2) is 0 Å². The van der Waals surface area contributed by atoms with Crippen LogP contribution in [0.25, 0.3) is 44.3 Å². The summed E-state index contributed by atoms with van der Waals surface area (Å²) < 4.78 is 12.0. The van der Waals surface area contributed by atoms with Crippen LogP contribution in [-0.4, -0.2) is 14.1 Å². The van der Waals surface area contributed by atoms with Crippen LogP contribution in [0.1, 0.15) is 26.3 Å². The lowest BCUT2D eigenvalue weighted by molar-refractivity contribution is 0.483. The predicted octanol–water partition coefficient (Wildman–Crippen LogP) is 9.97. The molecule has 0 unspecified atom stereocenters. The maximum atomic E-state index is 6.34. The van der Waals surface area contributed by atoms with Crippen molar-refractivity contribution in [3.05, 3.63) is 125 Å². The smallest absolute Gasteiger partial charge is 0.137 e. The zero-order chi connectivity index (χ0) is 27.4. The maximum absolute atomic E-state index is 6.34. The number of halogens is 1. The average Bonchev–Trinajstić information content (AvgIpc) is 3.45. The number of pyridine rings is 1. The minimum absolute atomic E-state index is 0.00717. The van der Waals surface area contributed by atoms with Crippen molar-refractivity contribution in [3.8, 4) is 23.0 Å². The van der Waals surface area contributed by atoms with Crippen molar-refractivity contribution in [2.45, 2.75) is 26.2 Å². The second kappa shape index (κ2) is 9.39. The first-order valence-corrected chi connectivity index (χ1v) is 14.2. The summed E-state index contributed by atoms with van der Waals surface area (Å²) in [6.07, 6.45) is 1.92. The van der Waals surface area contributed by atoms with E-state index in [1.54, 1.807) is 0 Å². The monoisotopic (exact) mass is 585 g/mol. The summed E-state index contributed by atoms with van der Waals surface area (Å²) in [4.78, 5) is 4.92. The van der Waals surface area contributed by atoms with E-state index in [0.29, 0.717) is 0 Å².